The van der Waals surface area contributed by atoms with Gasteiger partial charge in [-0.05, 0) is 47.5 Å². The lowest BCUT2D eigenvalue weighted by molar-refractivity contribution is 0.618. The molecule has 0 bridgehead atoms. The minimum atomic E-state index is -0.259. The Morgan fingerprint density at radius 1 is 0.950 bits per heavy atom. The van der Waals surface area contributed by atoms with Crippen molar-refractivity contribution in [3.63, 3.8) is 0 Å². The molecule has 0 saturated heterocycles. The molecule has 0 heterocycles. The molecule has 0 fully saturated rings. The molecule has 0 saturated carbocycles. The lowest BCUT2D eigenvalue weighted by atomic mass is 10.1. The summed E-state index contributed by atoms with van der Waals surface area (Å²) >= 11 is 1.56. The molecule has 2 N–H and O–H groups in total. The summed E-state index contributed by atoms with van der Waals surface area (Å²) < 4.78 is 13.4. The Labute approximate surface area is 121 Å². The van der Waals surface area contributed by atoms with Crippen molar-refractivity contribution in [1.29, 1.82) is 0 Å². The number of halogens is 1. The average Bonchev–Trinajstić information content (AvgIpc) is 2.44. The number of fused-ring (bicyclic) bond motifs is 1. The Morgan fingerprint density at radius 3 is 2.50 bits per heavy atom. The molecule has 0 aliphatic carbocycles. The third kappa shape index (κ3) is 2.49. The highest BCUT2D eigenvalue weighted by Gasteiger charge is 2.07. The fourth-order valence-corrected chi connectivity index (χ4v) is 3.11. The van der Waals surface area contributed by atoms with Crippen molar-refractivity contribution in [3.8, 4) is 0 Å². The standard InChI is InChI=1S/C17H14FNS/c1-11-8-17(16(19)10-15(11)18)20-14-7-6-12-4-2-3-5-13(12)9-14/h2-10H,19H2,1H3. The number of benzene rings is 3. The molecule has 0 aliphatic heterocycles. The van der Waals surface area contributed by atoms with Gasteiger partial charge >= 0.3 is 0 Å². The predicted molar refractivity (Wildman–Crippen MR) is 83.6 cm³/mol. The highest BCUT2D eigenvalue weighted by atomic mass is 32.2. The first-order valence-electron chi connectivity index (χ1n) is 6.36. The summed E-state index contributed by atoms with van der Waals surface area (Å²) in [5, 5.41) is 2.40. The van der Waals surface area contributed by atoms with E-state index in [1.165, 1.54) is 16.8 Å². The fourth-order valence-electron chi connectivity index (χ4n) is 2.12. The SMILES string of the molecule is Cc1cc(Sc2ccc3ccccc3c2)c(N)cc1F. The van der Waals surface area contributed by atoms with Gasteiger partial charge in [-0.3, -0.25) is 0 Å². The second-order valence-corrected chi connectivity index (χ2v) is 5.87. The molecule has 20 heavy (non-hydrogen) atoms. The van der Waals surface area contributed by atoms with Crippen LogP contribution in [0, 0.1) is 12.7 Å². The van der Waals surface area contributed by atoms with Gasteiger partial charge in [-0.25, -0.2) is 4.39 Å². The first-order valence-corrected chi connectivity index (χ1v) is 7.17. The van der Waals surface area contributed by atoms with Crippen molar-refractivity contribution in [2.45, 2.75) is 16.7 Å². The van der Waals surface area contributed by atoms with Crippen LogP contribution in [-0.4, -0.2) is 0 Å². The molecule has 0 aliphatic rings. The number of rotatable bonds is 2. The second-order valence-electron chi connectivity index (χ2n) is 4.75. The van der Waals surface area contributed by atoms with Gasteiger partial charge in [0, 0.05) is 15.5 Å². The van der Waals surface area contributed by atoms with Crippen LogP contribution in [0.3, 0.4) is 0 Å². The van der Waals surface area contributed by atoms with Crippen molar-refractivity contribution in [3.05, 3.63) is 66.0 Å². The zero-order valence-electron chi connectivity index (χ0n) is 11.1. The number of aryl methyl sites for hydroxylation is 1. The van der Waals surface area contributed by atoms with Gasteiger partial charge in [0.25, 0.3) is 0 Å². The van der Waals surface area contributed by atoms with E-state index in [1.54, 1.807) is 24.8 Å². The topological polar surface area (TPSA) is 26.0 Å². The van der Waals surface area contributed by atoms with Crippen LogP contribution in [0.15, 0.2) is 64.4 Å². The van der Waals surface area contributed by atoms with E-state index in [2.05, 4.69) is 30.3 Å². The number of nitrogen functional groups attached to an aromatic ring is 1. The maximum atomic E-state index is 13.4. The van der Waals surface area contributed by atoms with E-state index >= 15 is 0 Å². The number of hydrogen-bond acceptors (Lipinski definition) is 2. The Hall–Kier alpha value is -2.00. The van der Waals surface area contributed by atoms with Crippen LogP contribution in [0.5, 0.6) is 0 Å². The first-order chi connectivity index (χ1) is 9.63. The fraction of sp³-hybridized carbons (Fsp3) is 0.0588. The number of nitrogens with two attached hydrogens (primary N) is 1. The van der Waals surface area contributed by atoms with Gasteiger partial charge in [0.1, 0.15) is 5.82 Å². The Balaban J connectivity index is 1.99. The molecule has 3 aromatic carbocycles. The molecule has 0 spiro atoms. The van der Waals surface area contributed by atoms with Crippen molar-refractivity contribution in [2.24, 2.45) is 0 Å². The Bertz CT molecular complexity index is 783. The van der Waals surface area contributed by atoms with Crippen LogP contribution < -0.4 is 5.73 Å². The lowest BCUT2D eigenvalue weighted by Crippen LogP contribution is -1.92. The molecule has 0 atom stereocenters. The van der Waals surface area contributed by atoms with Gasteiger partial charge in [-0.1, -0.05) is 42.1 Å². The predicted octanol–water partition coefficient (Wildman–Crippen LogP) is 5.02. The van der Waals surface area contributed by atoms with E-state index in [9.17, 15) is 4.39 Å². The van der Waals surface area contributed by atoms with Crippen molar-refractivity contribution >= 4 is 28.2 Å². The van der Waals surface area contributed by atoms with E-state index in [1.807, 2.05) is 12.1 Å². The van der Waals surface area contributed by atoms with E-state index in [0.717, 1.165) is 9.79 Å². The van der Waals surface area contributed by atoms with Crippen LogP contribution in [0.1, 0.15) is 5.56 Å². The van der Waals surface area contributed by atoms with E-state index in [4.69, 9.17) is 5.73 Å². The van der Waals surface area contributed by atoms with Gasteiger partial charge in [-0.2, -0.15) is 0 Å². The molecule has 3 aromatic rings. The Morgan fingerprint density at radius 2 is 1.70 bits per heavy atom. The average molecular weight is 283 g/mol. The molecular formula is C17H14FNS. The molecule has 3 rings (SSSR count). The van der Waals surface area contributed by atoms with E-state index in [0.29, 0.717) is 11.3 Å². The summed E-state index contributed by atoms with van der Waals surface area (Å²) in [4.78, 5) is 1.99. The van der Waals surface area contributed by atoms with Gasteiger partial charge in [0.05, 0.1) is 0 Å². The van der Waals surface area contributed by atoms with E-state index in [-0.39, 0.29) is 5.82 Å². The van der Waals surface area contributed by atoms with Crippen molar-refractivity contribution < 1.29 is 4.39 Å². The van der Waals surface area contributed by atoms with Gasteiger partial charge in [0.2, 0.25) is 0 Å². The monoisotopic (exact) mass is 283 g/mol. The highest BCUT2D eigenvalue weighted by Crippen LogP contribution is 2.34. The van der Waals surface area contributed by atoms with Crippen LogP contribution in [0.25, 0.3) is 10.8 Å². The molecule has 0 unspecified atom stereocenters. The molecule has 1 nitrogen and oxygen atoms in total. The van der Waals surface area contributed by atoms with Crippen LogP contribution in [0.2, 0.25) is 0 Å². The molecule has 100 valence electrons. The summed E-state index contributed by atoms with van der Waals surface area (Å²) in [6, 6.07) is 17.7. The third-order valence-corrected chi connectivity index (χ3v) is 4.30. The molecule has 0 amide bonds. The minimum absolute atomic E-state index is 0.259. The number of anilines is 1. The summed E-state index contributed by atoms with van der Waals surface area (Å²) in [5.41, 5.74) is 6.98. The minimum Gasteiger partial charge on any atom is -0.398 e. The summed E-state index contributed by atoms with van der Waals surface area (Å²) in [6.07, 6.45) is 0. The quantitative estimate of drug-likeness (QED) is 0.668. The molecule has 3 heteroatoms. The first kappa shape index (κ1) is 13.0. The Kier molecular flexibility index (Phi) is 3.36. The summed E-state index contributed by atoms with van der Waals surface area (Å²) in [6.45, 7) is 1.75. The third-order valence-electron chi connectivity index (χ3n) is 3.24. The highest BCUT2D eigenvalue weighted by molar-refractivity contribution is 7.99. The van der Waals surface area contributed by atoms with Gasteiger partial charge < -0.3 is 5.73 Å². The van der Waals surface area contributed by atoms with Crippen molar-refractivity contribution in [2.75, 3.05) is 5.73 Å². The normalized spacial score (nSPS) is 10.9. The maximum absolute atomic E-state index is 13.4. The van der Waals surface area contributed by atoms with Crippen LogP contribution in [0.4, 0.5) is 10.1 Å². The van der Waals surface area contributed by atoms with Crippen LogP contribution >= 0.6 is 11.8 Å². The zero-order chi connectivity index (χ0) is 14.1. The second kappa shape index (κ2) is 5.17. The largest absolute Gasteiger partial charge is 0.398 e. The lowest BCUT2D eigenvalue weighted by Gasteiger charge is -2.08. The maximum Gasteiger partial charge on any atom is 0.128 e. The summed E-state index contributed by atoms with van der Waals surface area (Å²) in [7, 11) is 0. The van der Waals surface area contributed by atoms with Crippen LogP contribution in [-0.2, 0) is 0 Å². The zero-order valence-corrected chi connectivity index (χ0v) is 11.9. The smallest absolute Gasteiger partial charge is 0.128 e. The van der Waals surface area contributed by atoms with Gasteiger partial charge in [0.15, 0.2) is 0 Å². The van der Waals surface area contributed by atoms with E-state index < -0.39 is 0 Å². The molecule has 0 aromatic heterocycles. The molecule has 0 radical (unpaired) electrons. The number of hydrogen-bond donors (Lipinski definition) is 1. The molecular weight excluding hydrogens is 269 g/mol. The summed E-state index contributed by atoms with van der Waals surface area (Å²) in [5.74, 6) is -0.259. The van der Waals surface area contributed by atoms with Gasteiger partial charge in [-0.15, -0.1) is 0 Å². The van der Waals surface area contributed by atoms with Crippen molar-refractivity contribution in [1.82, 2.24) is 0 Å².